The summed E-state index contributed by atoms with van der Waals surface area (Å²) in [5.74, 6) is -0.150. The molecule has 0 aliphatic heterocycles. The molecule has 17 heavy (non-hydrogen) atoms. The molecular formula is C14H21NO2. The van der Waals surface area contributed by atoms with Crippen LogP contribution < -0.4 is 5.32 Å². The van der Waals surface area contributed by atoms with Crippen LogP contribution in [0.3, 0.4) is 0 Å². The van der Waals surface area contributed by atoms with Gasteiger partial charge in [-0.2, -0.15) is 0 Å². The number of nitrogens with one attached hydrogen (secondary N) is 1. The Morgan fingerprint density at radius 1 is 1.35 bits per heavy atom. The number of rotatable bonds is 7. The Balaban J connectivity index is 2.18. The maximum atomic E-state index is 11.5. The summed E-state index contributed by atoms with van der Waals surface area (Å²) in [6.45, 7) is 2.46. The molecule has 1 rings (SSSR count). The first-order valence-electron chi connectivity index (χ1n) is 6.15. The summed E-state index contributed by atoms with van der Waals surface area (Å²) in [5, 5.41) is 2.94. The van der Waals surface area contributed by atoms with Gasteiger partial charge in [0.1, 0.15) is 6.04 Å². The highest BCUT2D eigenvalue weighted by Gasteiger charge is 2.14. The van der Waals surface area contributed by atoms with Crippen LogP contribution >= 0.6 is 0 Å². The second kappa shape index (κ2) is 7.85. The molecular weight excluding hydrogens is 214 g/mol. The number of esters is 1. The van der Waals surface area contributed by atoms with Crippen molar-refractivity contribution >= 4 is 5.97 Å². The van der Waals surface area contributed by atoms with Crippen LogP contribution in [0.15, 0.2) is 30.3 Å². The van der Waals surface area contributed by atoms with E-state index in [-0.39, 0.29) is 12.0 Å². The van der Waals surface area contributed by atoms with Gasteiger partial charge in [0.05, 0.1) is 6.61 Å². The van der Waals surface area contributed by atoms with Crippen molar-refractivity contribution in [1.29, 1.82) is 0 Å². The molecule has 0 heterocycles. The monoisotopic (exact) mass is 235 g/mol. The maximum absolute atomic E-state index is 11.5. The second-order valence-corrected chi connectivity index (χ2v) is 4.01. The molecule has 0 spiro atoms. The van der Waals surface area contributed by atoms with Crippen molar-refractivity contribution in [3.8, 4) is 0 Å². The molecule has 0 aliphatic carbocycles. The Hall–Kier alpha value is -1.35. The first-order valence-corrected chi connectivity index (χ1v) is 6.15. The molecule has 1 aromatic carbocycles. The number of carbonyl (C=O) groups excluding carboxylic acids is 1. The Kier molecular flexibility index (Phi) is 6.33. The standard InChI is InChI=1S/C14H21NO2/c1-3-13(15-2)14(16)17-11-7-10-12-8-5-4-6-9-12/h4-6,8-9,13,15H,3,7,10-11H2,1-2H3. The molecule has 0 fully saturated rings. The molecule has 0 amide bonds. The molecule has 1 unspecified atom stereocenters. The number of aryl methyl sites for hydroxylation is 1. The lowest BCUT2D eigenvalue weighted by Gasteiger charge is -2.12. The van der Waals surface area contributed by atoms with Crippen molar-refractivity contribution in [2.24, 2.45) is 0 Å². The van der Waals surface area contributed by atoms with Gasteiger partial charge in [-0.3, -0.25) is 4.79 Å². The van der Waals surface area contributed by atoms with Gasteiger partial charge in [0, 0.05) is 0 Å². The van der Waals surface area contributed by atoms with Crippen molar-refractivity contribution in [2.45, 2.75) is 32.2 Å². The van der Waals surface area contributed by atoms with Gasteiger partial charge in [0.15, 0.2) is 0 Å². The molecule has 1 aromatic rings. The molecule has 0 saturated carbocycles. The first-order chi connectivity index (χ1) is 8.27. The van der Waals surface area contributed by atoms with Crippen LogP contribution in [0.5, 0.6) is 0 Å². The summed E-state index contributed by atoms with van der Waals surface area (Å²) < 4.78 is 5.21. The van der Waals surface area contributed by atoms with E-state index in [9.17, 15) is 4.79 Å². The quantitative estimate of drug-likeness (QED) is 0.581. The van der Waals surface area contributed by atoms with Gasteiger partial charge >= 0.3 is 5.97 Å². The molecule has 0 saturated heterocycles. The number of ether oxygens (including phenoxy) is 1. The Labute approximate surface area is 103 Å². The molecule has 3 nitrogen and oxygen atoms in total. The van der Waals surface area contributed by atoms with E-state index >= 15 is 0 Å². The van der Waals surface area contributed by atoms with Gasteiger partial charge in [-0.05, 0) is 31.9 Å². The third kappa shape index (κ3) is 5.00. The highest BCUT2D eigenvalue weighted by Crippen LogP contribution is 2.03. The van der Waals surface area contributed by atoms with E-state index < -0.39 is 0 Å². The molecule has 94 valence electrons. The third-order valence-electron chi connectivity index (χ3n) is 2.74. The molecule has 1 atom stereocenters. The predicted molar refractivity (Wildman–Crippen MR) is 68.9 cm³/mol. The van der Waals surface area contributed by atoms with E-state index in [1.165, 1.54) is 5.56 Å². The van der Waals surface area contributed by atoms with E-state index in [1.807, 2.05) is 25.1 Å². The average Bonchev–Trinajstić information content (AvgIpc) is 2.37. The predicted octanol–water partition coefficient (Wildman–Crippen LogP) is 2.16. The minimum Gasteiger partial charge on any atom is -0.465 e. The third-order valence-corrected chi connectivity index (χ3v) is 2.74. The van der Waals surface area contributed by atoms with E-state index in [0.29, 0.717) is 6.61 Å². The van der Waals surface area contributed by atoms with Crippen LogP contribution in [0.1, 0.15) is 25.3 Å². The zero-order chi connectivity index (χ0) is 12.5. The summed E-state index contributed by atoms with van der Waals surface area (Å²) in [6, 6.07) is 10.0. The SMILES string of the molecule is CCC(NC)C(=O)OCCCc1ccccc1. The number of hydrogen-bond acceptors (Lipinski definition) is 3. The zero-order valence-electron chi connectivity index (χ0n) is 10.6. The van der Waals surface area contributed by atoms with E-state index in [2.05, 4.69) is 17.4 Å². The Bertz CT molecular complexity index is 320. The van der Waals surface area contributed by atoms with E-state index in [4.69, 9.17) is 4.74 Å². The van der Waals surface area contributed by atoms with Crippen LogP contribution in [0.25, 0.3) is 0 Å². The van der Waals surface area contributed by atoms with Crippen molar-refractivity contribution < 1.29 is 9.53 Å². The van der Waals surface area contributed by atoms with Gasteiger partial charge in [-0.25, -0.2) is 0 Å². The Morgan fingerprint density at radius 3 is 2.65 bits per heavy atom. The van der Waals surface area contributed by atoms with Gasteiger partial charge in [-0.15, -0.1) is 0 Å². The molecule has 0 radical (unpaired) electrons. The smallest absolute Gasteiger partial charge is 0.323 e. The van der Waals surface area contributed by atoms with Crippen molar-refractivity contribution in [2.75, 3.05) is 13.7 Å². The highest BCUT2D eigenvalue weighted by molar-refractivity contribution is 5.75. The molecule has 3 heteroatoms. The van der Waals surface area contributed by atoms with Crippen LogP contribution in [-0.2, 0) is 16.0 Å². The van der Waals surface area contributed by atoms with Gasteiger partial charge < -0.3 is 10.1 Å². The number of hydrogen-bond donors (Lipinski definition) is 1. The van der Waals surface area contributed by atoms with Gasteiger partial charge in [0.2, 0.25) is 0 Å². The number of carbonyl (C=O) groups is 1. The van der Waals surface area contributed by atoms with Crippen LogP contribution in [0.4, 0.5) is 0 Å². The molecule has 1 N–H and O–H groups in total. The van der Waals surface area contributed by atoms with E-state index in [1.54, 1.807) is 7.05 Å². The maximum Gasteiger partial charge on any atom is 0.323 e. The first kappa shape index (κ1) is 13.7. The summed E-state index contributed by atoms with van der Waals surface area (Å²) in [7, 11) is 1.78. The minimum atomic E-state index is -0.174. The minimum absolute atomic E-state index is 0.150. The van der Waals surface area contributed by atoms with Gasteiger partial charge in [-0.1, -0.05) is 37.3 Å². The fourth-order valence-corrected chi connectivity index (χ4v) is 1.68. The summed E-state index contributed by atoms with van der Waals surface area (Å²) in [5.41, 5.74) is 1.28. The summed E-state index contributed by atoms with van der Waals surface area (Å²) in [4.78, 5) is 11.5. The number of likely N-dealkylation sites (N-methyl/N-ethyl adjacent to an activating group) is 1. The average molecular weight is 235 g/mol. The lowest BCUT2D eigenvalue weighted by molar-refractivity contribution is -0.146. The lowest BCUT2D eigenvalue weighted by atomic mass is 10.1. The molecule has 0 bridgehead atoms. The fourth-order valence-electron chi connectivity index (χ4n) is 1.68. The summed E-state index contributed by atoms with van der Waals surface area (Å²) >= 11 is 0. The van der Waals surface area contributed by atoms with Crippen LogP contribution in [-0.4, -0.2) is 25.7 Å². The normalized spacial score (nSPS) is 12.1. The fraction of sp³-hybridized carbons (Fsp3) is 0.500. The molecule has 0 aliphatic rings. The second-order valence-electron chi connectivity index (χ2n) is 4.01. The van der Waals surface area contributed by atoms with Crippen LogP contribution in [0, 0.1) is 0 Å². The van der Waals surface area contributed by atoms with Gasteiger partial charge in [0.25, 0.3) is 0 Å². The highest BCUT2D eigenvalue weighted by atomic mass is 16.5. The zero-order valence-corrected chi connectivity index (χ0v) is 10.6. The number of benzene rings is 1. The van der Waals surface area contributed by atoms with Crippen LogP contribution in [0.2, 0.25) is 0 Å². The topological polar surface area (TPSA) is 38.3 Å². The lowest BCUT2D eigenvalue weighted by Crippen LogP contribution is -2.35. The molecule has 0 aromatic heterocycles. The Morgan fingerprint density at radius 2 is 2.06 bits per heavy atom. The van der Waals surface area contributed by atoms with Crippen molar-refractivity contribution in [1.82, 2.24) is 5.32 Å². The van der Waals surface area contributed by atoms with E-state index in [0.717, 1.165) is 19.3 Å². The summed E-state index contributed by atoms with van der Waals surface area (Å²) in [6.07, 6.45) is 2.58. The largest absolute Gasteiger partial charge is 0.465 e. The van der Waals surface area contributed by atoms with Crippen molar-refractivity contribution in [3.05, 3.63) is 35.9 Å². The van der Waals surface area contributed by atoms with Crippen molar-refractivity contribution in [3.63, 3.8) is 0 Å².